The number of aromatic nitrogens is 3. The number of nitrogens with zero attached hydrogens (tertiary/aromatic N) is 3. The monoisotopic (exact) mass is 294 g/mol. The first-order valence-electron chi connectivity index (χ1n) is 6.66. The van der Waals surface area contributed by atoms with E-state index in [0.717, 1.165) is 0 Å². The van der Waals surface area contributed by atoms with E-state index in [4.69, 9.17) is 15.2 Å². The summed E-state index contributed by atoms with van der Waals surface area (Å²) < 4.78 is 10.7. The van der Waals surface area contributed by atoms with Gasteiger partial charge in [-0.05, 0) is 17.8 Å². The van der Waals surface area contributed by atoms with Gasteiger partial charge in [0.2, 0.25) is 0 Å². The van der Waals surface area contributed by atoms with Crippen molar-refractivity contribution in [3.05, 3.63) is 23.4 Å². The first kappa shape index (κ1) is 15.2. The number of aliphatic hydroxyl groups excluding tert-OH is 1. The van der Waals surface area contributed by atoms with E-state index in [-0.39, 0.29) is 24.7 Å². The van der Waals surface area contributed by atoms with Gasteiger partial charge >= 0.3 is 0 Å². The molecule has 0 aliphatic heterocycles. The molecule has 1 heterocycles. The second-order valence-electron chi connectivity index (χ2n) is 4.42. The normalized spacial score (nSPS) is 12.5. The van der Waals surface area contributed by atoms with Crippen LogP contribution in [0.5, 0.6) is 5.75 Å². The van der Waals surface area contributed by atoms with Crippen molar-refractivity contribution in [1.29, 1.82) is 0 Å². The van der Waals surface area contributed by atoms with Gasteiger partial charge in [-0.3, -0.25) is 0 Å². The summed E-state index contributed by atoms with van der Waals surface area (Å²) in [6.07, 6.45) is -0.182. The molecule has 8 nitrogen and oxygen atoms in total. The van der Waals surface area contributed by atoms with Crippen molar-refractivity contribution in [2.24, 2.45) is 0 Å². The van der Waals surface area contributed by atoms with Crippen LogP contribution in [0.3, 0.4) is 0 Å². The van der Waals surface area contributed by atoms with Gasteiger partial charge in [0.05, 0.1) is 24.4 Å². The smallest absolute Gasteiger partial charge is 0.288 e. The summed E-state index contributed by atoms with van der Waals surface area (Å²) in [4.78, 5) is 4.43. The van der Waals surface area contributed by atoms with E-state index in [0.29, 0.717) is 29.1 Å². The fraction of sp³-hybridized carbons (Fsp3) is 0.462. The van der Waals surface area contributed by atoms with Gasteiger partial charge in [0.15, 0.2) is 11.3 Å². The predicted molar refractivity (Wildman–Crippen MR) is 75.5 cm³/mol. The molecule has 3 N–H and O–H groups in total. The second-order valence-corrected chi connectivity index (χ2v) is 4.42. The summed E-state index contributed by atoms with van der Waals surface area (Å²) in [7, 11) is 0. The molecule has 1 aromatic heterocycles. The minimum absolute atomic E-state index is 0.120. The third-order valence-electron chi connectivity index (χ3n) is 2.83. The van der Waals surface area contributed by atoms with E-state index < -0.39 is 6.10 Å². The maximum absolute atomic E-state index is 11.6. The minimum Gasteiger partial charge on any atom is -0.594 e. The molecule has 0 saturated carbocycles. The van der Waals surface area contributed by atoms with Crippen LogP contribution in [0.15, 0.2) is 18.2 Å². The van der Waals surface area contributed by atoms with Crippen molar-refractivity contribution < 1.29 is 19.4 Å². The topological polar surface area (TPSA) is 117 Å². The number of para-hydroxylation sites is 1. The quantitative estimate of drug-likeness (QED) is 0.545. The van der Waals surface area contributed by atoms with Gasteiger partial charge in [0, 0.05) is 19.1 Å². The number of fused-ring (bicyclic) bond motifs is 1. The summed E-state index contributed by atoms with van der Waals surface area (Å²) >= 11 is 0. The van der Waals surface area contributed by atoms with Crippen LogP contribution in [0.25, 0.3) is 11.0 Å². The molecule has 2 aromatic rings. The average molecular weight is 294 g/mol. The van der Waals surface area contributed by atoms with E-state index in [1.807, 2.05) is 6.92 Å². The zero-order chi connectivity index (χ0) is 15.2. The van der Waals surface area contributed by atoms with Gasteiger partial charge in [0.1, 0.15) is 0 Å². The number of anilines is 1. The van der Waals surface area contributed by atoms with Crippen LogP contribution in [0.1, 0.15) is 13.3 Å². The van der Waals surface area contributed by atoms with Crippen LogP contribution in [0.4, 0.5) is 5.95 Å². The molecule has 2 rings (SSSR count). The van der Waals surface area contributed by atoms with Crippen LogP contribution in [-0.2, 0) is 4.74 Å². The molecule has 0 aliphatic carbocycles. The molecule has 0 fully saturated rings. The van der Waals surface area contributed by atoms with Gasteiger partial charge in [-0.15, -0.1) is 0 Å². The van der Waals surface area contributed by atoms with Crippen molar-refractivity contribution >= 4 is 17.0 Å². The molecule has 21 heavy (non-hydrogen) atoms. The van der Waals surface area contributed by atoms with E-state index in [1.54, 1.807) is 18.2 Å². The molecular weight excluding hydrogens is 276 g/mol. The van der Waals surface area contributed by atoms with E-state index in [2.05, 4.69) is 10.1 Å². The summed E-state index contributed by atoms with van der Waals surface area (Å²) in [5.74, 6) is 0.305. The average Bonchev–Trinajstić information content (AvgIpc) is 2.45. The highest BCUT2D eigenvalue weighted by molar-refractivity contribution is 5.78. The third kappa shape index (κ3) is 3.89. The predicted octanol–water partition coefficient (Wildman–Crippen LogP) is 0.0117. The molecule has 0 bridgehead atoms. The molecular formula is C13H18N4O4. The molecule has 0 amide bonds. The number of hydrogen-bond acceptors (Lipinski definition) is 7. The highest BCUT2D eigenvalue weighted by atomic mass is 16.5. The molecule has 1 unspecified atom stereocenters. The summed E-state index contributed by atoms with van der Waals surface area (Å²) in [5.41, 5.74) is 6.09. The lowest BCUT2D eigenvalue weighted by Crippen LogP contribution is -2.33. The lowest BCUT2D eigenvalue weighted by Gasteiger charge is -2.12. The largest absolute Gasteiger partial charge is 0.594 e. The Morgan fingerprint density at radius 3 is 3.05 bits per heavy atom. The van der Waals surface area contributed by atoms with Crippen LogP contribution >= 0.6 is 0 Å². The number of benzene rings is 1. The SMILES string of the molecule is CCOCC(O)CCOc1cccc2c1nc(N)n[n+]2[O-]. The standard InChI is InChI=1S/C13H18N4O4/c1-2-20-8-9(18)6-7-21-11-5-3-4-10-12(11)15-13(14)16-17(10)19/h3-5,9,18H,2,6-8H2,1H3,(H2,14,15,16). The fourth-order valence-corrected chi connectivity index (χ4v) is 1.82. The Labute approximate surface area is 121 Å². The number of ether oxygens (including phenoxy) is 2. The molecule has 0 saturated heterocycles. The maximum atomic E-state index is 11.6. The zero-order valence-corrected chi connectivity index (χ0v) is 11.7. The minimum atomic E-state index is -0.593. The van der Waals surface area contributed by atoms with Crippen LogP contribution in [-0.4, -0.2) is 41.1 Å². The van der Waals surface area contributed by atoms with Crippen LogP contribution < -0.4 is 15.3 Å². The van der Waals surface area contributed by atoms with Gasteiger partial charge in [-0.25, -0.2) is 0 Å². The molecule has 8 heteroatoms. The van der Waals surface area contributed by atoms with E-state index in [1.165, 1.54) is 0 Å². The Morgan fingerprint density at radius 2 is 2.29 bits per heavy atom. The van der Waals surface area contributed by atoms with Gasteiger partial charge in [-0.2, -0.15) is 4.98 Å². The molecule has 0 aliphatic rings. The second kappa shape index (κ2) is 7.00. The number of rotatable bonds is 7. The van der Waals surface area contributed by atoms with Crippen molar-refractivity contribution in [2.75, 3.05) is 25.6 Å². The Hall–Kier alpha value is -2.19. The van der Waals surface area contributed by atoms with Crippen molar-refractivity contribution in [3.8, 4) is 5.75 Å². The Kier molecular flexibility index (Phi) is 5.07. The maximum Gasteiger partial charge on any atom is 0.288 e. The lowest BCUT2D eigenvalue weighted by molar-refractivity contribution is -0.641. The van der Waals surface area contributed by atoms with Crippen LogP contribution in [0.2, 0.25) is 0 Å². The summed E-state index contributed by atoms with van der Waals surface area (Å²) in [6, 6.07) is 4.94. The Morgan fingerprint density at radius 1 is 1.48 bits per heavy atom. The van der Waals surface area contributed by atoms with Gasteiger partial charge < -0.3 is 25.5 Å². The zero-order valence-electron chi connectivity index (χ0n) is 11.7. The molecule has 0 radical (unpaired) electrons. The molecule has 0 spiro atoms. The number of hydrogen-bond donors (Lipinski definition) is 2. The lowest BCUT2D eigenvalue weighted by atomic mass is 10.2. The molecule has 114 valence electrons. The Balaban J connectivity index is 2.05. The summed E-state index contributed by atoms with van der Waals surface area (Å²) in [6.45, 7) is 2.96. The highest BCUT2D eigenvalue weighted by Crippen LogP contribution is 2.21. The number of nitrogen functional groups attached to an aromatic ring is 1. The van der Waals surface area contributed by atoms with Gasteiger partial charge in [0.25, 0.3) is 11.5 Å². The first-order chi connectivity index (χ1) is 10.1. The Bertz CT molecular complexity index is 608. The fourth-order valence-electron chi connectivity index (χ4n) is 1.82. The molecule has 1 atom stereocenters. The summed E-state index contributed by atoms with van der Waals surface area (Å²) in [5, 5.41) is 24.8. The third-order valence-corrected chi connectivity index (χ3v) is 2.83. The van der Waals surface area contributed by atoms with Crippen molar-refractivity contribution in [1.82, 2.24) is 10.1 Å². The number of aliphatic hydroxyl groups is 1. The number of nitrogens with two attached hydrogens (primary N) is 1. The van der Waals surface area contributed by atoms with Crippen LogP contribution in [0, 0.1) is 5.21 Å². The van der Waals surface area contributed by atoms with E-state index in [9.17, 15) is 10.3 Å². The first-order valence-corrected chi connectivity index (χ1v) is 6.66. The van der Waals surface area contributed by atoms with Gasteiger partial charge in [-0.1, -0.05) is 6.07 Å². The highest BCUT2D eigenvalue weighted by Gasteiger charge is 2.14. The molecule has 1 aromatic carbocycles. The van der Waals surface area contributed by atoms with Crippen molar-refractivity contribution in [2.45, 2.75) is 19.4 Å². The van der Waals surface area contributed by atoms with Crippen molar-refractivity contribution in [3.63, 3.8) is 0 Å². The van der Waals surface area contributed by atoms with E-state index >= 15 is 0 Å².